The van der Waals surface area contributed by atoms with Crippen LogP contribution in [0.4, 0.5) is 0 Å². The molecule has 0 spiro atoms. The van der Waals surface area contributed by atoms with E-state index in [0.717, 1.165) is 13.1 Å². The number of para-hydroxylation sites is 1. The molecule has 0 amide bonds. The minimum Gasteiger partial charge on any atom is -0.396 e. The zero-order valence-electron chi connectivity index (χ0n) is 8.46. The van der Waals surface area contributed by atoms with Gasteiger partial charge < -0.3 is 15.4 Å². The number of nitrogens with one attached hydrogen (secondary N) is 2. The lowest BCUT2D eigenvalue weighted by atomic mass is 9.94. The standard InChI is InChI=1S/C12H14N2O/c15-7-8-5-13-6-11-12(8)9-3-1-2-4-10(9)14-11/h1-4,8,13-15H,5-7H2. The summed E-state index contributed by atoms with van der Waals surface area (Å²) in [5.74, 6) is 0.227. The Morgan fingerprint density at radius 2 is 2.20 bits per heavy atom. The minimum atomic E-state index is 0.210. The van der Waals surface area contributed by atoms with Gasteiger partial charge in [0.1, 0.15) is 0 Å². The Hall–Kier alpha value is -1.32. The van der Waals surface area contributed by atoms with Crippen molar-refractivity contribution in [2.45, 2.75) is 12.5 Å². The van der Waals surface area contributed by atoms with Crippen molar-refractivity contribution in [2.24, 2.45) is 0 Å². The number of hydrogen-bond donors (Lipinski definition) is 3. The molecule has 3 nitrogen and oxygen atoms in total. The van der Waals surface area contributed by atoms with Crippen LogP contribution in [0.15, 0.2) is 24.3 Å². The van der Waals surface area contributed by atoms with Gasteiger partial charge in [0.05, 0.1) is 6.61 Å². The normalized spacial score (nSPS) is 20.5. The van der Waals surface area contributed by atoms with E-state index in [2.05, 4.69) is 22.4 Å². The lowest BCUT2D eigenvalue weighted by Crippen LogP contribution is -2.29. The second kappa shape index (κ2) is 3.36. The summed E-state index contributed by atoms with van der Waals surface area (Å²) in [6.45, 7) is 1.95. The monoisotopic (exact) mass is 202 g/mol. The summed E-state index contributed by atoms with van der Waals surface area (Å²) in [6.07, 6.45) is 0. The van der Waals surface area contributed by atoms with Gasteiger partial charge in [-0.2, -0.15) is 0 Å². The summed E-state index contributed by atoms with van der Waals surface area (Å²) in [5.41, 5.74) is 3.69. The maximum Gasteiger partial charge on any atom is 0.0512 e. The van der Waals surface area contributed by atoms with Gasteiger partial charge in [-0.3, -0.25) is 0 Å². The van der Waals surface area contributed by atoms with Crippen molar-refractivity contribution in [2.75, 3.05) is 13.2 Å². The third-order valence-corrected chi connectivity index (χ3v) is 3.15. The molecule has 0 fully saturated rings. The number of aromatic nitrogens is 1. The fourth-order valence-electron chi connectivity index (χ4n) is 2.45. The maximum atomic E-state index is 9.36. The van der Waals surface area contributed by atoms with Crippen LogP contribution in [-0.4, -0.2) is 23.2 Å². The van der Waals surface area contributed by atoms with E-state index in [0.29, 0.717) is 0 Å². The van der Waals surface area contributed by atoms with E-state index in [1.54, 1.807) is 0 Å². The van der Waals surface area contributed by atoms with Crippen LogP contribution in [-0.2, 0) is 6.54 Å². The first-order valence-electron chi connectivity index (χ1n) is 5.31. The third-order valence-electron chi connectivity index (χ3n) is 3.15. The molecule has 2 heterocycles. The van der Waals surface area contributed by atoms with Gasteiger partial charge in [-0.25, -0.2) is 0 Å². The number of aliphatic hydroxyl groups excluding tert-OH is 1. The molecule has 1 aliphatic heterocycles. The van der Waals surface area contributed by atoms with E-state index in [-0.39, 0.29) is 12.5 Å². The average Bonchev–Trinajstić information content (AvgIpc) is 2.67. The van der Waals surface area contributed by atoms with Crippen molar-refractivity contribution in [1.29, 1.82) is 0 Å². The predicted octanol–water partition coefficient (Wildman–Crippen LogP) is 1.35. The number of aliphatic hydroxyl groups is 1. The van der Waals surface area contributed by atoms with Crippen LogP contribution in [0.3, 0.4) is 0 Å². The minimum absolute atomic E-state index is 0.210. The maximum absolute atomic E-state index is 9.36. The highest BCUT2D eigenvalue weighted by Crippen LogP contribution is 2.31. The summed E-state index contributed by atoms with van der Waals surface area (Å²) >= 11 is 0. The third kappa shape index (κ3) is 1.28. The average molecular weight is 202 g/mol. The summed E-state index contributed by atoms with van der Waals surface area (Å²) in [7, 11) is 0. The van der Waals surface area contributed by atoms with Gasteiger partial charge in [-0.05, 0) is 11.6 Å². The van der Waals surface area contributed by atoms with Crippen molar-refractivity contribution >= 4 is 10.9 Å². The van der Waals surface area contributed by atoms with Crippen LogP contribution in [0.1, 0.15) is 17.2 Å². The lowest BCUT2D eigenvalue weighted by molar-refractivity contribution is 0.257. The van der Waals surface area contributed by atoms with Crippen molar-refractivity contribution < 1.29 is 5.11 Å². The van der Waals surface area contributed by atoms with Crippen LogP contribution in [0.5, 0.6) is 0 Å². The molecule has 1 aliphatic rings. The van der Waals surface area contributed by atoms with E-state index in [4.69, 9.17) is 0 Å². The molecular weight excluding hydrogens is 188 g/mol. The molecule has 15 heavy (non-hydrogen) atoms. The van der Waals surface area contributed by atoms with Crippen molar-refractivity contribution in [3.8, 4) is 0 Å². The molecule has 1 atom stereocenters. The van der Waals surface area contributed by atoms with Crippen molar-refractivity contribution in [3.05, 3.63) is 35.5 Å². The summed E-state index contributed by atoms with van der Waals surface area (Å²) in [6, 6.07) is 8.29. The van der Waals surface area contributed by atoms with Gasteiger partial charge in [0.25, 0.3) is 0 Å². The van der Waals surface area contributed by atoms with Gasteiger partial charge in [-0.15, -0.1) is 0 Å². The topological polar surface area (TPSA) is 48.0 Å². The number of benzene rings is 1. The number of fused-ring (bicyclic) bond motifs is 3. The first-order valence-corrected chi connectivity index (χ1v) is 5.31. The smallest absolute Gasteiger partial charge is 0.0512 e. The van der Waals surface area contributed by atoms with E-state index < -0.39 is 0 Å². The molecule has 0 saturated carbocycles. The van der Waals surface area contributed by atoms with Gasteiger partial charge in [0, 0.05) is 35.6 Å². The Labute approximate surface area is 88.1 Å². The summed E-state index contributed by atoms with van der Waals surface area (Å²) in [4.78, 5) is 3.41. The van der Waals surface area contributed by atoms with E-state index in [1.165, 1.54) is 22.2 Å². The molecule has 1 aromatic heterocycles. The highest BCUT2D eigenvalue weighted by Gasteiger charge is 2.23. The summed E-state index contributed by atoms with van der Waals surface area (Å²) in [5, 5.41) is 13.9. The summed E-state index contributed by atoms with van der Waals surface area (Å²) < 4.78 is 0. The first kappa shape index (κ1) is 8.95. The van der Waals surface area contributed by atoms with Gasteiger partial charge >= 0.3 is 0 Å². The van der Waals surface area contributed by atoms with Gasteiger partial charge in [0.2, 0.25) is 0 Å². The Morgan fingerprint density at radius 3 is 3.07 bits per heavy atom. The van der Waals surface area contributed by atoms with Crippen LogP contribution in [0, 0.1) is 0 Å². The second-order valence-electron chi connectivity index (χ2n) is 4.07. The molecule has 0 saturated heterocycles. The van der Waals surface area contributed by atoms with Gasteiger partial charge in [-0.1, -0.05) is 18.2 Å². The van der Waals surface area contributed by atoms with Crippen LogP contribution in [0.25, 0.3) is 10.9 Å². The van der Waals surface area contributed by atoms with Crippen molar-refractivity contribution in [3.63, 3.8) is 0 Å². The molecule has 3 N–H and O–H groups in total. The predicted molar refractivity (Wildman–Crippen MR) is 59.8 cm³/mol. The van der Waals surface area contributed by atoms with E-state index in [9.17, 15) is 5.11 Å². The zero-order chi connectivity index (χ0) is 10.3. The molecule has 0 bridgehead atoms. The Morgan fingerprint density at radius 1 is 1.33 bits per heavy atom. The SMILES string of the molecule is OCC1CNCc2[nH]c3ccccc3c21. The zero-order valence-corrected chi connectivity index (χ0v) is 8.46. The molecule has 78 valence electrons. The molecule has 1 aromatic carbocycles. The largest absolute Gasteiger partial charge is 0.396 e. The fourth-order valence-corrected chi connectivity index (χ4v) is 2.45. The number of hydrogen-bond acceptors (Lipinski definition) is 2. The number of aromatic amines is 1. The number of H-pyrrole nitrogens is 1. The molecule has 0 aliphatic carbocycles. The van der Waals surface area contributed by atoms with Crippen LogP contribution in [0.2, 0.25) is 0 Å². The first-order chi connectivity index (χ1) is 7.40. The molecule has 3 heteroatoms. The Kier molecular flexibility index (Phi) is 2.01. The second-order valence-corrected chi connectivity index (χ2v) is 4.07. The highest BCUT2D eigenvalue weighted by atomic mass is 16.3. The van der Waals surface area contributed by atoms with E-state index in [1.807, 2.05) is 12.1 Å². The molecule has 1 unspecified atom stereocenters. The highest BCUT2D eigenvalue weighted by molar-refractivity contribution is 5.85. The Balaban J connectivity index is 2.27. The van der Waals surface area contributed by atoms with Crippen LogP contribution < -0.4 is 5.32 Å². The lowest BCUT2D eigenvalue weighted by Gasteiger charge is -2.22. The van der Waals surface area contributed by atoms with Gasteiger partial charge in [0.15, 0.2) is 0 Å². The molecule has 3 rings (SSSR count). The Bertz CT molecular complexity index is 489. The molecule has 2 aromatic rings. The molecule has 0 radical (unpaired) electrons. The van der Waals surface area contributed by atoms with E-state index >= 15 is 0 Å². The van der Waals surface area contributed by atoms with Crippen LogP contribution >= 0.6 is 0 Å². The number of rotatable bonds is 1. The fraction of sp³-hybridized carbons (Fsp3) is 0.333. The quantitative estimate of drug-likeness (QED) is 0.653. The molecular formula is C12H14N2O. The van der Waals surface area contributed by atoms with Crippen molar-refractivity contribution in [1.82, 2.24) is 10.3 Å².